The van der Waals surface area contributed by atoms with Gasteiger partial charge in [-0.15, -0.1) is 0 Å². The maximum Gasteiger partial charge on any atom is 0.146 e. The van der Waals surface area contributed by atoms with Gasteiger partial charge in [-0.25, -0.2) is 4.98 Å². The van der Waals surface area contributed by atoms with E-state index in [-0.39, 0.29) is 5.92 Å². The lowest BCUT2D eigenvalue weighted by atomic mass is 10.0. The van der Waals surface area contributed by atoms with Crippen molar-refractivity contribution in [3.63, 3.8) is 0 Å². The number of hydrogen-bond acceptors (Lipinski definition) is 3. The van der Waals surface area contributed by atoms with E-state index in [0.717, 1.165) is 5.82 Å². The highest BCUT2D eigenvalue weighted by Crippen LogP contribution is 2.11. The zero-order valence-corrected chi connectivity index (χ0v) is 9.75. The molecule has 2 aromatic rings. The predicted octanol–water partition coefficient (Wildman–Crippen LogP) is 3.28. The van der Waals surface area contributed by atoms with Crippen LogP contribution in [-0.4, -0.2) is 11.2 Å². The van der Waals surface area contributed by atoms with E-state index in [2.05, 4.69) is 34.6 Å². The Hall–Kier alpha value is -2.16. The van der Waals surface area contributed by atoms with Gasteiger partial charge in [0.15, 0.2) is 0 Å². The first-order valence-electron chi connectivity index (χ1n) is 5.61. The van der Waals surface area contributed by atoms with E-state index in [9.17, 15) is 0 Å². The summed E-state index contributed by atoms with van der Waals surface area (Å²) in [5.41, 5.74) is 4.15. The van der Waals surface area contributed by atoms with Crippen LogP contribution in [-0.2, 0) is 0 Å². The second kappa shape index (κ2) is 5.80. The fourth-order valence-corrected chi connectivity index (χ4v) is 1.49. The summed E-state index contributed by atoms with van der Waals surface area (Å²) in [6.45, 7) is 2.11. The van der Waals surface area contributed by atoms with Gasteiger partial charge in [-0.3, -0.25) is 5.43 Å². The molecule has 3 nitrogen and oxygen atoms in total. The van der Waals surface area contributed by atoms with E-state index in [1.54, 1.807) is 6.20 Å². The third kappa shape index (κ3) is 3.41. The molecule has 2 rings (SSSR count). The van der Waals surface area contributed by atoms with Gasteiger partial charge < -0.3 is 0 Å². The third-order valence-electron chi connectivity index (χ3n) is 2.47. The second-order valence-electron chi connectivity index (χ2n) is 3.80. The van der Waals surface area contributed by atoms with E-state index >= 15 is 0 Å². The molecule has 86 valence electrons. The van der Waals surface area contributed by atoms with E-state index in [1.165, 1.54) is 5.56 Å². The minimum Gasteiger partial charge on any atom is -0.262 e. The highest BCUT2D eigenvalue weighted by atomic mass is 15.3. The number of hydrogen-bond donors (Lipinski definition) is 1. The fraction of sp³-hybridized carbons (Fsp3) is 0.143. The molecule has 1 aromatic carbocycles. The number of pyridine rings is 1. The van der Waals surface area contributed by atoms with Crippen molar-refractivity contribution in [3.8, 4) is 0 Å². The zero-order chi connectivity index (χ0) is 11.9. The summed E-state index contributed by atoms with van der Waals surface area (Å²) >= 11 is 0. The van der Waals surface area contributed by atoms with Crippen molar-refractivity contribution >= 4 is 12.0 Å². The molecule has 0 aliphatic carbocycles. The molecule has 0 aliphatic heterocycles. The van der Waals surface area contributed by atoms with Crippen LogP contribution in [0.25, 0.3) is 0 Å². The summed E-state index contributed by atoms with van der Waals surface area (Å²) < 4.78 is 0. The lowest BCUT2D eigenvalue weighted by molar-refractivity contribution is 1.03. The number of aromatic nitrogens is 1. The van der Waals surface area contributed by atoms with E-state index < -0.39 is 0 Å². The van der Waals surface area contributed by atoms with E-state index in [0.29, 0.717) is 0 Å². The van der Waals surface area contributed by atoms with Crippen LogP contribution >= 0.6 is 0 Å². The van der Waals surface area contributed by atoms with Gasteiger partial charge in [-0.2, -0.15) is 5.10 Å². The normalized spacial score (nSPS) is 12.5. The molecular weight excluding hydrogens is 210 g/mol. The summed E-state index contributed by atoms with van der Waals surface area (Å²) in [5, 5.41) is 4.18. The van der Waals surface area contributed by atoms with Gasteiger partial charge in [0, 0.05) is 18.3 Å². The van der Waals surface area contributed by atoms with Crippen LogP contribution in [0.1, 0.15) is 18.4 Å². The van der Waals surface area contributed by atoms with Crippen LogP contribution in [0.4, 0.5) is 5.82 Å². The third-order valence-corrected chi connectivity index (χ3v) is 2.47. The van der Waals surface area contributed by atoms with Crippen LogP contribution in [0.15, 0.2) is 59.8 Å². The molecule has 1 aromatic heterocycles. The monoisotopic (exact) mass is 225 g/mol. The molecular formula is C14H15N3. The zero-order valence-electron chi connectivity index (χ0n) is 9.75. The van der Waals surface area contributed by atoms with Crippen LogP contribution < -0.4 is 5.43 Å². The van der Waals surface area contributed by atoms with Crippen LogP contribution in [0, 0.1) is 0 Å². The van der Waals surface area contributed by atoms with Gasteiger partial charge in [0.1, 0.15) is 5.82 Å². The molecule has 0 amide bonds. The van der Waals surface area contributed by atoms with Gasteiger partial charge in [-0.05, 0) is 17.7 Å². The van der Waals surface area contributed by atoms with E-state index in [1.807, 2.05) is 42.6 Å². The Bertz CT molecular complexity index is 465. The maximum atomic E-state index is 4.18. The lowest BCUT2D eigenvalue weighted by Gasteiger charge is -2.05. The van der Waals surface area contributed by atoms with Gasteiger partial charge >= 0.3 is 0 Å². The Labute approximate surface area is 101 Å². The minimum absolute atomic E-state index is 0.285. The van der Waals surface area contributed by atoms with Crippen molar-refractivity contribution in [1.82, 2.24) is 4.98 Å². The van der Waals surface area contributed by atoms with Crippen molar-refractivity contribution in [2.24, 2.45) is 5.10 Å². The Morgan fingerprint density at radius 2 is 1.88 bits per heavy atom. The van der Waals surface area contributed by atoms with Crippen molar-refractivity contribution in [3.05, 3.63) is 60.3 Å². The first-order chi connectivity index (χ1) is 8.36. The quantitative estimate of drug-likeness (QED) is 0.640. The molecule has 3 heteroatoms. The fourth-order valence-electron chi connectivity index (χ4n) is 1.49. The summed E-state index contributed by atoms with van der Waals surface area (Å²) in [7, 11) is 0. The molecule has 0 bridgehead atoms. The molecule has 17 heavy (non-hydrogen) atoms. The van der Waals surface area contributed by atoms with E-state index in [4.69, 9.17) is 0 Å². The summed E-state index contributed by atoms with van der Waals surface area (Å²) in [4.78, 5) is 4.12. The van der Waals surface area contributed by atoms with Crippen molar-refractivity contribution in [2.75, 3.05) is 5.43 Å². The molecule has 0 unspecified atom stereocenters. The smallest absolute Gasteiger partial charge is 0.146 e. The lowest BCUT2D eigenvalue weighted by Crippen LogP contribution is -1.98. The first-order valence-corrected chi connectivity index (χ1v) is 5.61. The van der Waals surface area contributed by atoms with Crippen LogP contribution in [0.5, 0.6) is 0 Å². The number of rotatable bonds is 4. The summed E-state index contributed by atoms with van der Waals surface area (Å²) in [6.07, 6.45) is 3.61. The van der Waals surface area contributed by atoms with Crippen molar-refractivity contribution < 1.29 is 0 Å². The predicted molar refractivity (Wildman–Crippen MR) is 71.2 cm³/mol. The number of benzene rings is 1. The first kappa shape index (κ1) is 11.3. The largest absolute Gasteiger partial charge is 0.262 e. The Morgan fingerprint density at radius 1 is 1.12 bits per heavy atom. The molecule has 0 aliphatic rings. The Morgan fingerprint density at radius 3 is 2.59 bits per heavy atom. The average Bonchev–Trinajstić information content (AvgIpc) is 2.41. The Kier molecular flexibility index (Phi) is 3.86. The van der Waals surface area contributed by atoms with Gasteiger partial charge in [0.05, 0.1) is 0 Å². The molecule has 1 atom stereocenters. The standard InChI is InChI=1S/C14H15N3/c1-12(13-7-3-2-4-8-13)11-16-17-14-9-5-6-10-15-14/h2-12H,1H3,(H,15,17)/b16-11-/t12-/m1/s1. The molecule has 0 saturated carbocycles. The number of anilines is 1. The highest BCUT2D eigenvalue weighted by Gasteiger charge is 1.99. The SMILES string of the molecule is C[C@H](/C=N\Nc1ccccn1)c1ccccc1. The topological polar surface area (TPSA) is 37.3 Å². The van der Waals surface area contributed by atoms with Crippen molar-refractivity contribution in [1.29, 1.82) is 0 Å². The molecule has 1 N–H and O–H groups in total. The van der Waals surface area contributed by atoms with Crippen LogP contribution in [0.2, 0.25) is 0 Å². The number of nitrogens with zero attached hydrogens (tertiary/aromatic N) is 2. The number of nitrogens with one attached hydrogen (secondary N) is 1. The second-order valence-corrected chi connectivity index (χ2v) is 3.80. The molecule has 0 saturated heterocycles. The van der Waals surface area contributed by atoms with Gasteiger partial charge in [-0.1, -0.05) is 43.3 Å². The molecule has 0 fully saturated rings. The summed E-state index contributed by atoms with van der Waals surface area (Å²) in [5.74, 6) is 1.04. The molecule has 0 spiro atoms. The Balaban J connectivity index is 1.93. The maximum absolute atomic E-state index is 4.18. The average molecular weight is 225 g/mol. The van der Waals surface area contributed by atoms with Gasteiger partial charge in [0.25, 0.3) is 0 Å². The van der Waals surface area contributed by atoms with Crippen molar-refractivity contribution in [2.45, 2.75) is 12.8 Å². The highest BCUT2D eigenvalue weighted by molar-refractivity contribution is 5.68. The molecule has 0 radical (unpaired) electrons. The number of hydrazone groups is 1. The summed E-state index contributed by atoms with van der Waals surface area (Å²) in [6, 6.07) is 15.9. The van der Waals surface area contributed by atoms with Gasteiger partial charge in [0.2, 0.25) is 0 Å². The molecule has 1 heterocycles. The van der Waals surface area contributed by atoms with Crippen LogP contribution in [0.3, 0.4) is 0 Å². The minimum atomic E-state index is 0.285.